The normalized spacial score (nSPS) is 14.2. The van der Waals surface area contributed by atoms with Gasteiger partial charge in [-0.3, -0.25) is 24.1 Å². The molecule has 1 aliphatic heterocycles. The van der Waals surface area contributed by atoms with Crippen LogP contribution < -0.4 is 10.6 Å². The average molecular weight is 341 g/mol. The summed E-state index contributed by atoms with van der Waals surface area (Å²) in [7, 11) is 1.85. The van der Waals surface area contributed by atoms with E-state index in [2.05, 4.69) is 10.6 Å². The molecule has 0 aliphatic carbocycles. The van der Waals surface area contributed by atoms with Crippen molar-refractivity contribution in [1.82, 2.24) is 15.5 Å². The molecule has 0 bridgehead atoms. The second kappa shape index (κ2) is 12.4. The number of ketones is 1. The first kappa shape index (κ1) is 21.9. The molecule has 8 heteroatoms. The molecular weight excluding hydrogens is 314 g/mol. The topological polar surface area (TPSA) is 105 Å². The maximum absolute atomic E-state index is 11.0. The van der Waals surface area contributed by atoms with E-state index in [0.717, 1.165) is 11.4 Å². The fourth-order valence-corrected chi connectivity index (χ4v) is 1.70. The van der Waals surface area contributed by atoms with Crippen molar-refractivity contribution in [3.63, 3.8) is 0 Å². The number of likely N-dealkylation sites (N-methyl/N-ethyl adjacent to an activating group) is 1. The van der Waals surface area contributed by atoms with Gasteiger partial charge in [0.05, 0.1) is 12.6 Å². The third-order valence-corrected chi connectivity index (χ3v) is 3.19. The largest absolute Gasteiger partial charge is 0.381 e. The molecule has 1 heterocycles. The van der Waals surface area contributed by atoms with Crippen molar-refractivity contribution < 1.29 is 23.9 Å². The summed E-state index contributed by atoms with van der Waals surface area (Å²) < 4.78 is 5.03. The zero-order chi connectivity index (χ0) is 18.5. The average Bonchev–Trinajstić information content (AvgIpc) is 2.86. The van der Waals surface area contributed by atoms with Gasteiger partial charge in [0.15, 0.2) is 5.78 Å². The predicted octanol–water partition coefficient (Wildman–Crippen LogP) is -0.362. The summed E-state index contributed by atoms with van der Waals surface area (Å²) in [6.07, 6.45) is 2.79. The summed E-state index contributed by atoms with van der Waals surface area (Å²) in [6, 6.07) is -0.653. The summed E-state index contributed by atoms with van der Waals surface area (Å²) in [5, 5.41) is 5.71. The minimum atomic E-state index is -0.653. The SMILES string of the molecule is CC(=O)C(C)N1C(=O)C=CC1=O.CCOCCC(=O)NCCNC. The van der Waals surface area contributed by atoms with Gasteiger partial charge >= 0.3 is 0 Å². The number of amides is 3. The van der Waals surface area contributed by atoms with Crippen LogP contribution in [0.3, 0.4) is 0 Å². The second-order valence-corrected chi connectivity index (χ2v) is 5.07. The monoisotopic (exact) mass is 341 g/mol. The van der Waals surface area contributed by atoms with Crippen LogP contribution in [0, 0.1) is 0 Å². The number of imide groups is 1. The molecule has 0 saturated carbocycles. The molecule has 1 aliphatic rings. The van der Waals surface area contributed by atoms with E-state index >= 15 is 0 Å². The Balaban J connectivity index is 0.000000441. The van der Waals surface area contributed by atoms with E-state index in [0.29, 0.717) is 26.2 Å². The molecule has 0 fully saturated rings. The molecule has 8 nitrogen and oxygen atoms in total. The van der Waals surface area contributed by atoms with Gasteiger partial charge < -0.3 is 15.4 Å². The molecule has 24 heavy (non-hydrogen) atoms. The predicted molar refractivity (Wildman–Crippen MR) is 89.2 cm³/mol. The Morgan fingerprint density at radius 3 is 2.25 bits per heavy atom. The highest BCUT2D eigenvalue weighted by atomic mass is 16.5. The maximum atomic E-state index is 11.0. The Morgan fingerprint density at radius 1 is 1.21 bits per heavy atom. The summed E-state index contributed by atoms with van der Waals surface area (Å²) in [4.78, 5) is 44.8. The van der Waals surface area contributed by atoms with Gasteiger partial charge in [-0.25, -0.2) is 0 Å². The highest BCUT2D eigenvalue weighted by molar-refractivity contribution is 6.15. The van der Waals surface area contributed by atoms with Gasteiger partial charge in [-0.15, -0.1) is 0 Å². The molecule has 0 radical (unpaired) electrons. The van der Waals surface area contributed by atoms with Crippen LogP contribution in [0.2, 0.25) is 0 Å². The molecule has 0 spiro atoms. The lowest BCUT2D eigenvalue weighted by Gasteiger charge is -2.19. The van der Waals surface area contributed by atoms with Gasteiger partial charge in [0.2, 0.25) is 5.91 Å². The minimum Gasteiger partial charge on any atom is -0.381 e. The summed E-state index contributed by atoms with van der Waals surface area (Å²) in [6.45, 7) is 7.47. The van der Waals surface area contributed by atoms with E-state index in [9.17, 15) is 19.2 Å². The first-order valence-electron chi connectivity index (χ1n) is 7.89. The van der Waals surface area contributed by atoms with E-state index in [1.165, 1.54) is 26.0 Å². The van der Waals surface area contributed by atoms with Crippen molar-refractivity contribution >= 4 is 23.5 Å². The Labute approximate surface area is 142 Å². The van der Waals surface area contributed by atoms with Crippen LogP contribution in [-0.4, -0.2) is 67.8 Å². The Hall–Kier alpha value is -2.06. The summed E-state index contributed by atoms with van der Waals surface area (Å²) in [5.41, 5.74) is 0. The molecular formula is C16H27N3O5. The van der Waals surface area contributed by atoms with Crippen molar-refractivity contribution in [2.75, 3.05) is 33.4 Å². The lowest BCUT2D eigenvalue weighted by atomic mass is 10.2. The van der Waals surface area contributed by atoms with Crippen LogP contribution >= 0.6 is 0 Å². The fraction of sp³-hybridized carbons (Fsp3) is 0.625. The fourth-order valence-electron chi connectivity index (χ4n) is 1.70. The maximum Gasteiger partial charge on any atom is 0.254 e. The second-order valence-electron chi connectivity index (χ2n) is 5.07. The van der Waals surface area contributed by atoms with Crippen LogP contribution in [0.25, 0.3) is 0 Å². The molecule has 1 rings (SSSR count). The zero-order valence-corrected chi connectivity index (χ0v) is 14.8. The highest BCUT2D eigenvalue weighted by Crippen LogP contribution is 2.09. The molecule has 136 valence electrons. The number of nitrogens with zero attached hydrogens (tertiary/aromatic N) is 1. The molecule has 2 N–H and O–H groups in total. The van der Waals surface area contributed by atoms with E-state index in [4.69, 9.17) is 4.74 Å². The Bertz CT molecular complexity index is 446. The smallest absolute Gasteiger partial charge is 0.254 e. The summed E-state index contributed by atoms with van der Waals surface area (Å²) >= 11 is 0. The lowest BCUT2D eigenvalue weighted by molar-refractivity contribution is -0.143. The van der Waals surface area contributed by atoms with Crippen LogP contribution in [0.5, 0.6) is 0 Å². The Kier molecular flexibility index (Phi) is 11.3. The third kappa shape index (κ3) is 8.54. The Morgan fingerprint density at radius 2 is 1.79 bits per heavy atom. The highest BCUT2D eigenvalue weighted by Gasteiger charge is 2.30. The molecule has 1 unspecified atom stereocenters. The van der Waals surface area contributed by atoms with E-state index < -0.39 is 17.9 Å². The van der Waals surface area contributed by atoms with E-state index in [-0.39, 0.29) is 11.7 Å². The number of carbonyl (C=O) groups excluding carboxylic acids is 4. The number of nitrogens with one attached hydrogen (secondary N) is 2. The van der Waals surface area contributed by atoms with Gasteiger partial charge in [-0.1, -0.05) is 0 Å². The lowest BCUT2D eigenvalue weighted by Crippen LogP contribution is -2.42. The first-order chi connectivity index (χ1) is 11.3. The van der Waals surface area contributed by atoms with Crippen LogP contribution in [-0.2, 0) is 23.9 Å². The van der Waals surface area contributed by atoms with Crippen LogP contribution in [0.1, 0.15) is 27.2 Å². The number of hydrogen-bond acceptors (Lipinski definition) is 6. The number of Topliss-reactive ketones (excluding diaryl/α,β-unsaturated/α-hetero) is 1. The molecule has 0 aromatic heterocycles. The van der Waals surface area contributed by atoms with Crippen molar-refractivity contribution in [1.29, 1.82) is 0 Å². The number of ether oxygens (including phenoxy) is 1. The first-order valence-corrected chi connectivity index (χ1v) is 7.89. The van der Waals surface area contributed by atoms with Crippen LogP contribution in [0.15, 0.2) is 12.2 Å². The molecule has 1 atom stereocenters. The molecule has 0 aromatic rings. The van der Waals surface area contributed by atoms with E-state index in [1.807, 2.05) is 14.0 Å². The van der Waals surface area contributed by atoms with E-state index in [1.54, 1.807) is 0 Å². The quantitative estimate of drug-likeness (QED) is 0.438. The van der Waals surface area contributed by atoms with Crippen molar-refractivity contribution in [3.8, 4) is 0 Å². The van der Waals surface area contributed by atoms with Gasteiger partial charge in [0, 0.05) is 38.3 Å². The minimum absolute atomic E-state index is 0.0544. The van der Waals surface area contributed by atoms with Gasteiger partial charge in [-0.2, -0.15) is 0 Å². The third-order valence-electron chi connectivity index (χ3n) is 3.19. The molecule has 0 saturated heterocycles. The number of carbonyl (C=O) groups is 4. The van der Waals surface area contributed by atoms with Crippen molar-refractivity contribution in [2.24, 2.45) is 0 Å². The molecule has 3 amide bonds. The van der Waals surface area contributed by atoms with Gasteiger partial charge in [0.25, 0.3) is 11.8 Å². The number of rotatable bonds is 9. The molecule has 0 aromatic carbocycles. The zero-order valence-electron chi connectivity index (χ0n) is 14.8. The van der Waals surface area contributed by atoms with Gasteiger partial charge in [0.1, 0.15) is 0 Å². The van der Waals surface area contributed by atoms with Crippen LogP contribution in [0.4, 0.5) is 0 Å². The van der Waals surface area contributed by atoms with Gasteiger partial charge in [-0.05, 0) is 27.8 Å². The van der Waals surface area contributed by atoms with Crippen molar-refractivity contribution in [3.05, 3.63) is 12.2 Å². The van der Waals surface area contributed by atoms with Crippen molar-refractivity contribution in [2.45, 2.75) is 33.2 Å². The summed E-state index contributed by atoms with van der Waals surface area (Å²) in [5.74, 6) is -0.968. The number of hydrogen-bond donors (Lipinski definition) is 2. The standard InChI is InChI=1S/C8H18N2O2.C8H9NO3/c1-3-12-7-4-8(11)10-6-5-9-2;1-5(6(2)10)9-7(11)3-4-8(9)12/h9H,3-7H2,1-2H3,(H,10,11);3-5H,1-2H3.